The average Bonchev–Trinajstić information content (AvgIpc) is 2.22. The molecular formula is C10H13F2NOS. The van der Waals surface area contributed by atoms with Crippen molar-refractivity contribution in [3.05, 3.63) is 29.8 Å². The van der Waals surface area contributed by atoms with Crippen LogP contribution in [0.15, 0.2) is 23.1 Å². The monoisotopic (exact) mass is 233 g/mol. The average molecular weight is 233 g/mol. The third-order valence-corrected chi connectivity index (χ3v) is 3.39. The van der Waals surface area contributed by atoms with Gasteiger partial charge in [0.15, 0.2) is 0 Å². The van der Waals surface area contributed by atoms with E-state index in [1.165, 1.54) is 0 Å². The molecule has 1 rings (SSSR count). The number of nitrogens with two attached hydrogens (primary N) is 1. The Kier molecular flexibility index (Phi) is 4.84. The number of unbranched alkanes of at least 4 members (excludes halogenated alkanes) is 1. The van der Waals surface area contributed by atoms with Crippen molar-refractivity contribution in [2.75, 3.05) is 12.3 Å². The second-order valence-corrected chi connectivity index (χ2v) is 4.66. The molecule has 0 aromatic heterocycles. The van der Waals surface area contributed by atoms with Gasteiger partial charge in [0.1, 0.15) is 11.6 Å². The molecule has 0 aliphatic heterocycles. The van der Waals surface area contributed by atoms with Crippen LogP contribution in [0.5, 0.6) is 0 Å². The summed E-state index contributed by atoms with van der Waals surface area (Å²) in [4.78, 5) is -0.0629. The first-order valence-corrected chi connectivity index (χ1v) is 6.00. The minimum atomic E-state index is -1.48. The van der Waals surface area contributed by atoms with E-state index in [0.717, 1.165) is 24.6 Å². The zero-order chi connectivity index (χ0) is 11.3. The maximum absolute atomic E-state index is 13.1. The fourth-order valence-corrected chi connectivity index (χ4v) is 2.35. The van der Waals surface area contributed by atoms with Crippen LogP contribution in [0.25, 0.3) is 0 Å². The fraction of sp³-hybridized carbons (Fsp3) is 0.400. The highest BCUT2D eigenvalue weighted by Gasteiger charge is 2.10. The zero-order valence-electron chi connectivity index (χ0n) is 8.21. The molecule has 0 saturated carbocycles. The Balaban J connectivity index is 2.68. The first-order chi connectivity index (χ1) is 7.15. The maximum atomic E-state index is 13.1. The van der Waals surface area contributed by atoms with Crippen LogP contribution in [-0.4, -0.2) is 16.5 Å². The molecule has 0 aliphatic rings. The highest BCUT2D eigenvalue weighted by Crippen LogP contribution is 2.15. The lowest BCUT2D eigenvalue weighted by Crippen LogP contribution is -2.05. The molecule has 2 N–H and O–H groups in total. The Labute approximate surface area is 89.9 Å². The largest absolute Gasteiger partial charge is 0.330 e. The summed E-state index contributed by atoms with van der Waals surface area (Å²) in [7, 11) is -1.48. The zero-order valence-corrected chi connectivity index (χ0v) is 9.03. The van der Waals surface area contributed by atoms with Gasteiger partial charge in [0.2, 0.25) is 0 Å². The van der Waals surface area contributed by atoms with Gasteiger partial charge in [-0.1, -0.05) is 0 Å². The van der Waals surface area contributed by atoms with Crippen molar-refractivity contribution < 1.29 is 13.0 Å². The maximum Gasteiger partial charge on any atom is 0.139 e. The topological polar surface area (TPSA) is 43.1 Å². The van der Waals surface area contributed by atoms with E-state index in [2.05, 4.69) is 0 Å². The Morgan fingerprint density at radius 3 is 2.67 bits per heavy atom. The van der Waals surface area contributed by atoms with E-state index in [-0.39, 0.29) is 4.90 Å². The van der Waals surface area contributed by atoms with Gasteiger partial charge >= 0.3 is 0 Å². The first kappa shape index (κ1) is 12.3. The van der Waals surface area contributed by atoms with Crippen molar-refractivity contribution in [2.24, 2.45) is 5.73 Å². The lowest BCUT2D eigenvalue weighted by atomic mass is 10.3. The van der Waals surface area contributed by atoms with Gasteiger partial charge in [0.05, 0.1) is 15.7 Å². The van der Waals surface area contributed by atoms with E-state index in [1.54, 1.807) is 0 Å². The molecule has 0 aliphatic carbocycles. The molecule has 1 aromatic rings. The Hall–Kier alpha value is -0.810. The van der Waals surface area contributed by atoms with Crippen LogP contribution in [0.1, 0.15) is 12.8 Å². The van der Waals surface area contributed by atoms with Gasteiger partial charge in [-0.15, -0.1) is 0 Å². The third-order valence-electron chi connectivity index (χ3n) is 1.92. The van der Waals surface area contributed by atoms with Crippen LogP contribution in [0.2, 0.25) is 0 Å². The lowest BCUT2D eigenvalue weighted by molar-refractivity contribution is 0.571. The molecule has 2 nitrogen and oxygen atoms in total. The second-order valence-electron chi connectivity index (χ2n) is 3.12. The van der Waals surface area contributed by atoms with Gasteiger partial charge in [-0.05, 0) is 37.6 Å². The second kappa shape index (κ2) is 5.92. The van der Waals surface area contributed by atoms with Gasteiger partial charge < -0.3 is 5.73 Å². The van der Waals surface area contributed by atoms with Crippen LogP contribution >= 0.6 is 0 Å². The number of benzene rings is 1. The molecule has 15 heavy (non-hydrogen) atoms. The van der Waals surface area contributed by atoms with Crippen molar-refractivity contribution in [1.82, 2.24) is 0 Å². The van der Waals surface area contributed by atoms with Gasteiger partial charge in [0.25, 0.3) is 0 Å². The summed E-state index contributed by atoms with van der Waals surface area (Å²) < 4.78 is 37.5. The molecule has 5 heteroatoms. The van der Waals surface area contributed by atoms with E-state index >= 15 is 0 Å². The summed E-state index contributed by atoms with van der Waals surface area (Å²) in [6.45, 7) is 0.517. The van der Waals surface area contributed by atoms with Crippen LogP contribution in [0, 0.1) is 11.6 Å². The molecule has 84 valence electrons. The lowest BCUT2D eigenvalue weighted by Gasteiger charge is -2.03. The Morgan fingerprint density at radius 1 is 1.27 bits per heavy atom. The van der Waals surface area contributed by atoms with Crippen LogP contribution < -0.4 is 5.73 Å². The minimum absolute atomic E-state index is 0.0629. The molecule has 0 amide bonds. The summed E-state index contributed by atoms with van der Waals surface area (Å²) in [6, 6.07) is 2.98. The predicted molar refractivity (Wildman–Crippen MR) is 55.9 cm³/mol. The molecule has 0 spiro atoms. The molecule has 0 fully saturated rings. The minimum Gasteiger partial charge on any atom is -0.330 e. The van der Waals surface area contributed by atoms with Crippen molar-refractivity contribution in [1.29, 1.82) is 0 Å². The predicted octanol–water partition coefficient (Wildman–Crippen LogP) is 1.81. The molecule has 1 unspecified atom stereocenters. The summed E-state index contributed by atoms with van der Waals surface area (Å²) in [5.74, 6) is -0.876. The van der Waals surface area contributed by atoms with Crippen molar-refractivity contribution in [3.8, 4) is 0 Å². The summed E-state index contributed by atoms with van der Waals surface area (Å²) >= 11 is 0. The van der Waals surface area contributed by atoms with E-state index in [1.807, 2.05) is 0 Å². The summed E-state index contributed by atoms with van der Waals surface area (Å²) in [5, 5.41) is 0. The standard InChI is InChI=1S/C10H13F2NOS/c11-8-3-4-9(12)10(7-8)15(14)6-2-1-5-13/h3-4,7H,1-2,5-6,13H2. The van der Waals surface area contributed by atoms with Gasteiger partial charge in [-0.3, -0.25) is 4.21 Å². The number of hydrogen-bond donors (Lipinski definition) is 1. The van der Waals surface area contributed by atoms with E-state index in [0.29, 0.717) is 18.7 Å². The van der Waals surface area contributed by atoms with Crippen LogP contribution in [0.4, 0.5) is 8.78 Å². The molecule has 0 saturated heterocycles. The van der Waals surface area contributed by atoms with E-state index in [4.69, 9.17) is 5.73 Å². The van der Waals surface area contributed by atoms with Crippen LogP contribution in [0.3, 0.4) is 0 Å². The molecular weight excluding hydrogens is 220 g/mol. The molecule has 0 heterocycles. The Morgan fingerprint density at radius 2 is 2.00 bits per heavy atom. The van der Waals surface area contributed by atoms with E-state index < -0.39 is 22.4 Å². The third kappa shape index (κ3) is 3.68. The van der Waals surface area contributed by atoms with Gasteiger partial charge in [0, 0.05) is 5.75 Å². The Bertz CT molecular complexity index is 357. The van der Waals surface area contributed by atoms with Crippen LogP contribution in [-0.2, 0) is 10.8 Å². The molecule has 1 aromatic carbocycles. The first-order valence-electron chi connectivity index (χ1n) is 4.68. The normalized spacial score (nSPS) is 12.7. The highest BCUT2D eigenvalue weighted by atomic mass is 32.2. The number of hydrogen-bond acceptors (Lipinski definition) is 2. The number of rotatable bonds is 5. The molecule has 0 bridgehead atoms. The quantitative estimate of drug-likeness (QED) is 0.788. The van der Waals surface area contributed by atoms with Crippen molar-refractivity contribution >= 4 is 10.8 Å². The smallest absolute Gasteiger partial charge is 0.139 e. The number of halogens is 2. The van der Waals surface area contributed by atoms with Crippen molar-refractivity contribution in [2.45, 2.75) is 17.7 Å². The SMILES string of the molecule is NCCCCS(=O)c1cc(F)ccc1F. The molecule has 1 atom stereocenters. The van der Waals surface area contributed by atoms with Crippen molar-refractivity contribution in [3.63, 3.8) is 0 Å². The van der Waals surface area contributed by atoms with Gasteiger partial charge in [-0.25, -0.2) is 8.78 Å². The summed E-state index contributed by atoms with van der Waals surface area (Å²) in [5.41, 5.74) is 5.27. The fourth-order valence-electron chi connectivity index (χ4n) is 1.14. The van der Waals surface area contributed by atoms with Gasteiger partial charge in [-0.2, -0.15) is 0 Å². The van der Waals surface area contributed by atoms with E-state index in [9.17, 15) is 13.0 Å². The molecule has 0 radical (unpaired) electrons. The highest BCUT2D eigenvalue weighted by molar-refractivity contribution is 7.85. The summed E-state index contributed by atoms with van der Waals surface area (Å²) in [6.07, 6.45) is 1.39.